The normalized spacial score (nSPS) is 11.5. The van der Waals surface area contributed by atoms with Crippen molar-refractivity contribution in [3.8, 4) is 11.3 Å². The number of rotatable bonds is 4. The first kappa shape index (κ1) is 20.7. The fourth-order valence-electron chi connectivity index (χ4n) is 3.96. The van der Waals surface area contributed by atoms with Crippen molar-refractivity contribution in [2.45, 2.75) is 6.54 Å². The average molecular weight is 455 g/mol. The molecule has 5 rings (SSSR count). The molecular weight excluding hydrogens is 443 g/mol. The van der Waals surface area contributed by atoms with Gasteiger partial charge < -0.3 is 14.7 Å². The minimum atomic E-state index is -2.24. The molecule has 4 nitrogen and oxygen atoms in total. The van der Waals surface area contributed by atoms with Gasteiger partial charge in [0.15, 0.2) is 23.3 Å². The summed E-state index contributed by atoms with van der Waals surface area (Å²) >= 11 is 0. The van der Waals surface area contributed by atoms with Gasteiger partial charge in [0.1, 0.15) is 5.76 Å². The highest BCUT2D eigenvalue weighted by molar-refractivity contribution is 6.18. The SMILES string of the molecule is NC(=O)c1cccc2c1c1[c]cc(-c3ccco3)cc1n2Cc1c(F)c(F)c(F)c(F)c1F. The first-order valence-electron chi connectivity index (χ1n) is 9.60. The van der Waals surface area contributed by atoms with Crippen LogP contribution in [0.25, 0.3) is 33.1 Å². The molecule has 0 fully saturated rings. The highest BCUT2D eigenvalue weighted by atomic mass is 19.2. The summed E-state index contributed by atoms with van der Waals surface area (Å²) in [5.41, 5.74) is 5.80. The fourth-order valence-corrected chi connectivity index (χ4v) is 3.96. The van der Waals surface area contributed by atoms with Gasteiger partial charge in [0.2, 0.25) is 11.7 Å². The standard InChI is InChI=1S/C24H12F5N2O2/c25-19-14(20(26)22(28)23(29)21(19)27)10-31-15-4-1-3-13(24(30)32)18(15)12-7-6-11(9-16(12)31)17-5-2-8-33-17/h1-6,8-9H,10H2,(H2,30,32). The Balaban J connectivity index is 1.85. The van der Waals surface area contributed by atoms with Gasteiger partial charge in [0.05, 0.1) is 23.8 Å². The van der Waals surface area contributed by atoms with Gasteiger partial charge >= 0.3 is 0 Å². The zero-order valence-electron chi connectivity index (χ0n) is 16.6. The molecule has 2 heterocycles. The summed E-state index contributed by atoms with van der Waals surface area (Å²) in [7, 11) is 0. The van der Waals surface area contributed by atoms with Crippen LogP contribution in [0.2, 0.25) is 0 Å². The van der Waals surface area contributed by atoms with E-state index in [1.807, 2.05) is 0 Å². The number of nitrogens with two attached hydrogens (primary N) is 1. The average Bonchev–Trinajstić information content (AvgIpc) is 3.45. The van der Waals surface area contributed by atoms with E-state index in [0.29, 0.717) is 33.1 Å². The Hall–Kier alpha value is -4.14. The number of fused-ring (bicyclic) bond motifs is 3. The van der Waals surface area contributed by atoms with E-state index >= 15 is 0 Å². The van der Waals surface area contributed by atoms with E-state index in [4.69, 9.17) is 10.2 Å². The number of furan rings is 1. The largest absolute Gasteiger partial charge is 0.464 e. The summed E-state index contributed by atoms with van der Waals surface area (Å²) in [5, 5.41) is 0.730. The van der Waals surface area contributed by atoms with Crippen molar-refractivity contribution in [2.75, 3.05) is 0 Å². The third kappa shape index (κ3) is 3.07. The lowest BCUT2D eigenvalue weighted by atomic mass is 10.0. The number of carbonyl (C=O) groups is 1. The second kappa shape index (κ2) is 7.47. The van der Waals surface area contributed by atoms with Gasteiger partial charge in [-0.05, 0) is 42.5 Å². The molecule has 0 bridgehead atoms. The second-order valence-electron chi connectivity index (χ2n) is 7.32. The third-order valence-corrected chi connectivity index (χ3v) is 5.48. The molecule has 5 aromatic rings. The van der Waals surface area contributed by atoms with Crippen LogP contribution in [-0.4, -0.2) is 10.5 Å². The molecular formula is C24H12F5N2O2. The first-order valence-corrected chi connectivity index (χ1v) is 9.60. The Morgan fingerprint density at radius 2 is 1.64 bits per heavy atom. The number of carbonyl (C=O) groups excluding carboxylic acids is 1. The molecule has 0 unspecified atom stereocenters. The summed E-state index contributed by atoms with van der Waals surface area (Å²) in [5.74, 6) is -10.5. The number of nitrogens with zero attached hydrogens (tertiary/aromatic N) is 1. The summed E-state index contributed by atoms with van der Waals surface area (Å²) in [4.78, 5) is 12.0. The number of benzene rings is 3. The Kier molecular flexibility index (Phi) is 4.70. The Bertz CT molecular complexity index is 1540. The smallest absolute Gasteiger partial charge is 0.249 e. The van der Waals surface area contributed by atoms with E-state index in [2.05, 4.69) is 6.07 Å². The Labute approximate surface area is 182 Å². The van der Waals surface area contributed by atoms with Crippen molar-refractivity contribution in [2.24, 2.45) is 5.73 Å². The van der Waals surface area contributed by atoms with E-state index in [1.54, 1.807) is 30.3 Å². The van der Waals surface area contributed by atoms with Gasteiger partial charge in [-0.3, -0.25) is 4.79 Å². The van der Waals surface area contributed by atoms with Crippen LogP contribution in [0, 0.1) is 35.2 Å². The molecule has 9 heteroatoms. The lowest BCUT2D eigenvalue weighted by Crippen LogP contribution is -2.12. The maximum Gasteiger partial charge on any atom is 0.249 e. The summed E-state index contributed by atoms with van der Waals surface area (Å²) in [6, 6.07) is 14.1. The number of hydrogen-bond donors (Lipinski definition) is 1. The number of primary amides is 1. The molecule has 0 spiro atoms. The highest BCUT2D eigenvalue weighted by Gasteiger charge is 2.27. The highest BCUT2D eigenvalue weighted by Crippen LogP contribution is 2.35. The molecule has 0 atom stereocenters. The van der Waals surface area contributed by atoms with E-state index in [-0.39, 0.29) is 5.56 Å². The van der Waals surface area contributed by atoms with E-state index in [1.165, 1.54) is 23.0 Å². The zero-order chi connectivity index (χ0) is 23.4. The topological polar surface area (TPSA) is 61.2 Å². The van der Waals surface area contributed by atoms with E-state index in [9.17, 15) is 26.7 Å². The van der Waals surface area contributed by atoms with Crippen LogP contribution in [0.4, 0.5) is 22.0 Å². The Morgan fingerprint density at radius 1 is 0.939 bits per heavy atom. The van der Waals surface area contributed by atoms with E-state index in [0.717, 1.165) is 0 Å². The van der Waals surface area contributed by atoms with Gasteiger partial charge in [-0.15, -0.1) is 0 Å². The van der Waals surface area contributed by atoms with Crippen molar-refractivity contribution >= 4 is 27.7 Å². The molecule has 0 saturated heterocycles. The number of hydrogen-bond acceptors (Lipinski definition) is 2. The molecule has 165 valence electrons. The predicted molar refractivity (Wildman–Crippen MR) is 110 cm³/mol. The third-order valence-electron chi connectivity index (χ3n) is 5.48. The van der Waals surface area contributed by atoms with Crippen molar-refractivity contribution in [1.82, 2.24) is 4.57 Å². The van der Waals surface area contributed by atoms with Crippen LogP contribution in [0.5, 0.6) is 0 Å². The molecule has 0 aliphatic heterocycles. The maximum absolute atomic E-state index is 14.5. The number of halogens is 5. The van der Waals surface area contributed by atoms with E-state index < -0.39 is 47.1 Å². The molecule has 0 saturated carbocycles. The van der Waals surface area contributed by atoms with Crippen molar-refractivity contribution in [3.63, 3.8) is 0 Å². The monoisotopic (exact) mass is 455 g/mol. The summed E-state index contributed by atoms with van der Waals surface area (Å²) in [6.45, 7) is -0.705. The summed E-state index contributed by atoms with van der Waals surface area (Å²) < 4.78 is 76.9. The van der Waals surface area contributed by atoms with Crippen LogP contribution in [0.3, 0.4) is 0 Å². The lowest BCUT2D eigenvalue weighted by molar-refractivity contribution is 0.100. The molecule has 0 aliphatic rings. The van der Waals surface area contributed by atoms with Gasteiger partial charge in [0, 0.05) is 27.5 Å². The summed E-state index contributed by atoms with van der Waals surface area (Å²) in [6.07, 6.45) is 1.45. The van der Waals surface area contributed by atoms with Crippen molar-refractivity contribution in [3.05, 3.63) is 95.0 Å². The molecule has 0 aliphatic carbocycles. The lowest BCUT2D eigenvalue weighted by Gasteiger charge is -2.12. The van der Waals surface area contributed by atoms with Crippen molar-refractivity contribution < 1.29 is 31.2 Å². The molecule has 2 N–H and O–H groups in total. The van der Waals surface area contributed by atoms with Gasteiger partial charge in [0.25, 0.3) is 0 Å². The minimum Gasteiger partial charge on any atom is -0.464 e. The van der Waals surface area contributed by atoms with Gasteiger partial charge in [-0.2, -0.15) is 0 Å². The maximum atomic E-state index is 14.5. The number of amides is 1. The van der Waals surface area contributed by atoms with Crippen LogP contribution in [0.1, 0.15) is 15.9 Å². The second-order valence-corrected chi connectivity index (χ2v) is 7.32. The first-order chi connectivity index (χ1) is 15.8. The quantitative estimate of drug-likeness (QED) is 0.215. The predicted octanol–water partition coefficient (Wildman–Crippen LogP) is 5.70. The van der Waals surface area contributed by atoms with Gasteiger partial charge in [-0.25, -0.2) is 22.0 Å². The van der Waals surface area contributed by atoms with Crippen molar-refractivity contribution in [1.29, 1.82) is 0 Å². The van der Waals surface area contributed by atoms with Crippen LogP contribution in [-0.2, 0) is 6.54 Å². The molecule has 3 aromatic carbocycles. The molecule has 33 heavy (non-hydrogen) atoms. The minimum absolute atomic E-state index is 0.121. The van der Waals surface area contributed by atoms with Crippen LogP contribution in [0.15, 0.2) is 53.1 Å². The fraction of sp³-hybridized carbons (Fsp3) is 0.0417. The van der Waals surface area contributed by atoms with Crippen LogP contribution >= 0.6 is 0 Å². The molecule has 2 aromatic heterocycles. The molecule has 1 radical (unpaired) electrons. The van der Waals surface area contributed by atoms with Gasteiger partial charge in [-0.1, -0.05) is 6.07 Å². The number of aromatic nitrogens is 1. The zero-order valence-corrected chi connectivity index (χ0v) is 16.6. The Morgan fingerprint density at radius 3 is 2.27 bits per heavy atom. The van der Waals surface area contributed by atoms with Crippen LogP contribution < -0.4 is 5.73 Å². The molecule has 1 amide bonds.